The van der Waals surface area contributed by atoms with Gasteiger partial charge in [0.2, 0.25) is 0 Å². The van der Waals surface area contributed by atoms with Crippen LogP contribution < -0.4 is 5.32 Å². The number of fused-ring (bicyclic) bond motifs is 1. The molecule has 6 heteroatoms. The molecule has 0 radical (unpaired) electrons. The molecule has 4 nitrogen and oxygen atoms in total. The number of amides is 1. The van der Waals surface area contributed by atoms with E-state index in [1.54, 1.807) is 6.20 Å². The monoisotopic (exact) mass is 381 g/mol. The number of benzene rings is 2. The maximum Gasteiger partial charge on any atom is 0.256 e. The third-order valence-corrected chi connectivity index (χ3v) is 5.18. The first-order chi connectivity index (χ1) is 13.5. The fourth-order valence-corrected chi connectivity index (χ4v) is 3.73. The zero-order chi connectivity index (χ0) is 19.7. The minimum absolute atomic E-state index is 0.00845. The molecule has 0 bridgehead atoms. The summed E-state index contributed by atoms with van der Waals surface area (Å²) in [4.78, 5) is 19.4. The normalized spacial score (nSPS) is 14.3. The predicted octanol–water partition coefficient (Wildman–Crippen LogP) is 5.19. The standard InChI is InChI=1S/C22H21F2N3O/c1-14-6-5-7-16-20(14)17(22(28)27-10-3-2-4-11-27)13-25-21(16)26-15-8-9-18(23)19(24)12-15/h5-9,12-13H,2-4,10-11H2,1H3,(H,25,26). The molecule has 1 amide bonds. The third-order valence-electron chi connectivity index (χ3n) is 5.18. The van der Waals surface area contributed by atoms with Crippen molar-refractivity contribution in [3.05, 3.63) is 65.4 Å². The van der Waals surface area contributed by atoms with Crippen LogP contribution in [0.1, 0.15) is 35.2 Å². The number of aryl methyl sites for hydroxylation is 1. The molecule has 0 spiro atoms. The smallest absolute Gasteiger partial charge is 0.256 e. The molecule has 0 aliphatic carbocycles. The number of likely N-dealkylation sites (tertiary alicyclic amines) is 1. The second-order valence-electron chi connectivity index (χ2n) is 7.12. The molecule has 4 rings (SSSR count). The molecule has 1 aliphatic rings. The summed E-state index contributed by atoms with van der Waals surface area (Å²) in [6, 6.07) is 9.34. The highest BCUT2D eigenvalue weighted by atomic mass is 19.2. The van der Waals surface area contributed by atoms with Crippen LogP contribution in [0.3, 0.4) is 0 Å². The van der Waals surface area contributed by atoms with Crippen LogP contribution in [-0.4, -0.2) is 28.9 Å². The van der Waals surface area contributed by atoms with E-state index in [0.29, 0.717) is 17.1 Å². The molecule has 1 saturated heterocycles. The number of nitrogens with one attached hydrogen (secondary N) is 1. The molecule has 28 heavy (non-hydrogen) atoms. The van der Waals surface area contributed by atoms with Gasteiger partial charge >= 0.3 is 0 Å². The summed E-state index contributed by atoms with van der Waals surface area (Å²) in [5.74, 6) is -1.34. The molecule has 3 aromatic rings. The quantitative estimate of drug-likeness (QED) is 0.679. The van der Waals surface area contributed by atoms with E-state index in [1.165, 1.54) is 6.07 Å². The van der Waals surface area contributed by atoms with Gasteiger partial charge in [-0.2, -0.15) is 0 Å². The number of nitrogens with zero attached hydrogens (tertiary/aromatic N) is 2. The molecular weight excluding hydrogens is 360 g/mol. The largest absolute Gasteiger partial charge is 0.340 e. The van der Waals surface area contributed by atoms with Gasteiger partial charge < -0.3 is 10.2 Å². The van der Waals surface area contributed by atoms with Gasteiger partial charge in [-0.3, -0.25) is 4.79 Å². The number of carbonyl (C=O) groups is 1. The highest BCUT2D eigenvalue weighted by Crippen LogP contribution is 2.31. The van der Waals surface area contributed by atoms with Gasteiger partial charge in [0.15, 0.2) is 11.6 Å². The average molecular weight is 381 g/mol. The fourth-order valence-electron chi connectivity index (χ4n) is 3.73. The highest BCUT2D eigenvalue weighted by Gasteiger charge is 2.22. The summed E-state index contributed by atoms with van der Waals surface area (Å²) < 4.78 is 26.8. The van der Waals surface area contributed by atoms with Gasteiger partial charge in [-0.05, 0) is 43.9 Å². The summed E-state index contributed by atoms with van der Waals surface area (Å²) in [7, 11) is 0. The van der Waals surface area contributed by atoms with E-state index in [4.69, 9.17) is 0 Å². The molecule has 0 unspecified atom stereocenters. The molecule has 1 N–H and O–H groups in total. The van der Waals surface area contributed by atoms with Gasteiger partial charge in [-0.1, -0.05) is 18.2 Å². The molecule has 0 atom stereocenters. The Morgan fingerprint density at radius 3 is 2.61 bits per heavy atom. The van der Waals surface area contributed by atoms with E-state index in [1.807, 2.05) is 30.0 Å². The minimum atomic E-state index is -0.928. The topological polar surface area (TPSA) is 45.2 Å². The molecule has 144 valence electrons. The first-order valence-electron chi connectivity index (χ1n) is 9.44. The Kier molecular flexibility index (Phi) is 4.94. The first-order valence-corrected chi connectivity index (χ1v) is 9.44. The van der Waals surface area contributed by atoms with E-state index in [2.05, 4.69) is 10.3 Å². The van der Waals surface area contributed by atoms with Crippen LogP contribution >= 0.6 is 0 Å². The second-order valence-corrected chi connectivity index (χ2v) is 7.12. The van der Waals surface area contributed by atoms with Gasteiger partial charge in [0.05, 0.1) is 5.56 Å². The van der Waals surface area contributed by atoms with E-state index in [-0.39, 0.29) is 5.91 Å². The van der Waals surface area contributed by atoms with Crippen LogP contribution in [0.4, 0.5) is 20.3 Å². The van der Waals surface area contributed by atoms with Crippen molar-refractivity contribution in [1.29, 1.82) is 0 Å². The Morgan fingerprint density at radius 2 is 1.86 bits per heavy atom. The number of pyridine rings is 1. The highest BCUT2D eigenvalue weighted by molar-refractivity contribution is 6.10. The van der Waals surface area contributed by atoms with E-state index in [0.717, 1.165) is 60.8 Å². The summed E-state index contributed by atoms with van der Waals surface area (Å²) in [5.41, 5.74) is 1.93. The van der Waals surface area contributed by atoms with Crippen molar-refractivity contribution in [3.8, 4) is 0 Å². The van der Waals surface area contributed by atoms with Crippen LogP contribution in [0.2, 0.25) is 0 Å². The Labute approximate surface area is 162 Å². The van der Waals surface area contributed by atoms with Crippen molar-refractivity contribution in [1.82, 2.24) is 9.88 Å². The van der Waals surface area contributed by atoms with Crippen molar-refractivity contribution in [2.75, 3.05) is 18.4 Å². The molecule has 1 fully saturated rings. The van der Waals surface area contributed by atoms with Crippen molar-refractivity contribution in [2.24, 2.45) is 0 Å². The van der Waals surface area contributed by atoms with Crippen LogP contribution in [0.5, 0.6) is 0 Å². The van der Waals surface area contributed by atoms with Crippen molar-refractivity contribution in [3.63, 3.8) is 0 Å². The van der Waals surface area contributed by atoms with Crippen LogP contribution in [0, 0.1) is 18.6 Å². The molecule has 1 aromatic heterocycles. The molecule has 2 heterocycles. The molecule has 2 aromatic carbocycles. The van der Waals surface area contributed by atoms with Gasteiger partial charge in [-0.25, -0.2) is 13.8 Å². The van der Waals surface area contributed by atoms with Gasteiger partial charge in [0.1, 0.15) is 5.82 Å². The fraction of sp³-hybridized carbons (Fsp3) is 0.273. The number of halogens is 2. The summed E-state index contributed by atoms with van der Waals surface area (Å²) >= 11 is 0. The molecule has 1 aliphatic heterocycles. The Bertz CT molecular complexity index is 1050. The lowest BCUT2D eigenvalue weighted by Crippen LogP contribution is -2.35. The molecule has 0 saturated carbocycles. The average Bonchev–Trinajstić information content (AvgIpc) is 2.71. The Morgan fingerprint density at radius 1 is 1.07 bits per heavy atom. The Balaban J connectivity index is 1.76. The number of carbonyl (C=O) groups excluding carboxylic acids is 1. The van der Waals surface area contributed by atoms with Crippen molar-refractivity contribution in [2.45, 2.75) is 26.2 Å². The lowest BCUT2D eigenvalue weighted by Gasteiger charge is -2.27. The SMILES string of the molecule is Cc1cccc2c(Nc3ccc(F)c(F)c3)ncc(C(=O)N3CCCCC3)c12. The number of piperidine rings is 1. The number of aromatic nitrogens is 1. The van der Waals surface area contributed by atoms with Gasteiger partial charge in [0, 0.05) is 41.8 Å². The van der Waals surface area contributed by atoms with Gasteiger partial charge in [-0.15, -0.1) is 0 Å². The molecular formula is C22H21F2N3O. The van der Waals surface area contributed by atoms with Crippen LogP contribution in [0.25, 0.3) is 10.8 Å². The predicted molar refractivity (Wildman–Crippen MR) is 106 cm³/mol. The van der Waals surface area contributed by atoms with Gasteiger partial charge in [0.25, 0.3) is 5.91 Å². The summed E-state index contributed by atoms with van der Waals surface area (Å²) in [6.45, 7) is 3.48. The first kappa shape index (κ1) is 18.3. The number of anilines is 2. The number of rotatable bonds is 3. The van der Waals surface area contributed by atoms with Crippen molar-refractivity contribution >= 4 is 28.2 Å². The summed E-state index contributed by atoms with van der Waals surface area (Å²) in [6.07, 6.45) is 4.77. The second kappa shape index (κ2) is 7.54. The van der Waals surface area contributed by atoms with E-state index >= 15 is 0 Å². The van der Waals surface area contributed by atoms with Crippen LogP contribution in [0.15, 0.2) is 42.6 Å². The zero-order valence-corrected chi connectivity index (χ0v) is 15.6. The maximum absolute atomic E-state index is 13.6. The third kappa shape index (κ3) is 3.42. The minimum Gasteiger partial charge on any atom is -0.340 e. The Hall–Kier alpha value is -3.02. The maximum atomic E-state index is 13.6. The van der Waals surface area contributed by atoms with E-state index < -0.39 is 11.6 Å². The van der Waals surface area contributed by atoms with Crippen molar-refractivity contribution < 1.29 is 13.6 Å². The van der Waals surface area contributed by atoms with Crippen LogP contribution in [-0.2, 0) is 0 Å². The van der Waals surface area contributed by atoms with E-state index in [9.17, 15) is 13.6 Å². The number of hydrogen-bond acceptors (Lipinski definition) is 3. The number of hydrogen-bond donors (Lipinski definition) is 1. The summed E-state index contributed by atoms with van der Waals surface area (Å²) in [5, 5.41) is 4.65. The lowest BCUT2D eigenvalue weighted by atomic mass is 10.00. The lowest BCUT2D eigenvalue weighted by molar-refractivity contribution is 0.0726. The zero-order valence-electron chi connectivity index (χ0n) is 15.6.